The van der Waals surface area contributed by atoms with Crippen LogP contribution in [0.3, 0.4) is 0 Å². The monoisotopic (exact) mass is 386 g/mol. The van der Waals surface area contributed by atoms with E-state index in [1.807, 2.05) is 48.5 Å². The first-order valence-electron chi connectivity index (χ1n) is 9.27. The molecule has 0 amide bonds. The molecule has 0 unspecified atom stereocenters. The van der Waals surface area contributed by atoms with E-state index in [0.717, 1.165) is 39.6 Å². The summed E-state index contributed by atoms with van der Waals surface area (Å²) < 4.78 is 15.5. The lowest BCUT2D eigenvalue weighted by Crippen LogP contribution is -2.08. The molecule has 1 atom stereocenters. The quantitative estimate of drug-likeness (QED) is 0.458. The summed E-state index contributed by atoms with van der Waals surface area (Å²) in [4.78, 5) is 15.7. The van der Waals surface area contributed by atoms with E-state index in [0.29, 0.717) is 0 Å². The number of aromatic nitrogens is 2. The summed E-state index contributed by atoms with van der Waals surface area (Å²) in [5, 5.41) is 8.89. The van der Waals surface area contributed by atoms with Gasteiger partial charge in [-0.3, -0.25) is 0 Å². The number of fused-ring (bicyclic) bond motifs is 1. The molecule has 3 aromatic carbocycles. The Morgan fingerprint density at radius 3 is 2.59 bits per heavy atom. The Morgan fingerprint density at radius 1 is 1.07 bits per heavy atom. The summed E-state index contributed by atoms with van der Waals surface area (Å²) in [7, 11) is 0. The van der Waals surface area contributed by atoms with Crippen molar-refractivity contribution < 1.29 is 14.3 Å². The lowest BCUT2D eigenvalue weighted by molar-refractivity contribution is -0.131. The smallest absolute Gasteiger partial charge is 0.328 e. The minimum absolute atomic E-state index is 0.0729. The molecule has 1 heterocycles. The van der Waals surface area contributed by atoms with Gasteiger partial charge in [-0.15, -0.1) is 0 Å². The van der Waals surface area contributed by atoms with Crippen LogP contribution < -0.4 is 0 Å². The molecule has 144 valence electrons. The van der Waals surface area contributed by atoms with E-state index < -0.39 is 5.97 Å². The normalized spacial score (nSPS) is 12.5. The number of hydrogen-bond donors (Lipinski definition) is 1. The summed E-state index contributed by atoms with van der Waals surface area (Å²) >= 11 is 0. The van der Waals surface area contributed by atoms with Crippen molar-refractivity contribution in [3.63, 3.8) is 0 Å². The average Bonchev–Trinajstić information content (AvgIpc) is 3.12. The number of carboxylic acids is 1. The number of benzene rings is 3. The Labute approximate surface area is 167 Å². The number of carboxylic acid groups (broad SMARTS) is 1. The van der Waals surface area contributed by atoms with E-state index in [1.54, 1.807) is 18.2 Å². The van der Waals surface area contributed by atoms with Gasteiger partial charge in [0, 0.05) is 11.6 Å². The van der Waals surface area contributed by atoms with Crippen molar-refractivity contribution in [2.45, 2.75) is 13.0 Å². The third-order valence-electron chi connectivity index (χ3n) is 4.90. The number of rotatable bonds is 5. The molecule has 4 nitrogen and oxygen atoms in total. The van der Waals surface area contributed by atoms with Gasteiger partial charge in [-0.25, -0.2) is 14.2 Å². The van der Waals surface area contributed by atoms with E-state index in [1.165, 1.54) is 12.1 Å². The minimum atomic E-state index is -0.993. The van der Waals surface area contributed by atoms with Crippen molar-refractivity contribution >= 4 is 23.1 Å². The van der Waals surface area contributed by atoms with E-state index in [9.17, 15) is 9.18 Å². The van der Waals surface area contributed by atoms with Gasteiger partial charge < -0.3 is 9.67 Å². The topological polar surface area (TPSA) is 55.1 Å². The van der Waals surface area contributed by atoms with Crippen molar-refractivity contribution in [1.82, 2.24) is 9.55 Å². The molecule has 29 heavy (non-hydrogen) atoms. The Hall–Kier alpha value is -3.73. The summed E-state index contributed by atoms with van der Waals surface area (Å²) in [5.41, 5.74) is 4.46. The van der Waals surface area contributed by atoms with Crippen molar-refractivity contribution in [2.24, 2.45) is 0 Å². The maximum Gasteiger partial charge on any atom is 0.328 e. The van der Waals surface area contributed by atoms with Crippen LogP contribution in [-0.2, 0) is 4.79 Å². The first-order valence-corrected chi connectivity index (χ1v) is 9.27. The zero-order valence-corrected chi connectivity index (χ0v) is 15.8. The zero-order valence-electron chi connectivity index (χ0n) is 15.8. The molecular weight excluding hydrogens is 367 g/mol. The predicted octanol–water partition coefficient (Wildman–Crippen LogP) is 5.55. The zero-order chi connectivity index (χ0) is 20.4. The SMILES string of the molecule is C[C@H](c1ccc(F)cc1)n1c(-c2cccc(C=CC(=O)O)c2)nc2ccccc21. The van der Waals surface area contributed by atoms with Crippen LogP contribution in [-0.4, -0.2) is 20.6 Å². The first-order chi connectivity index (χ1) is 14.0. The second kappa shape index (κ2) is 7.72. The molecule has 0 aliphatic carbocycles. The van der Waals surface area contributed by atoms with Crippen molar-refractivity contribution in [3.8, 4) is 11.4 Å². The largest absolute Gasteiger partial charge is 0.478 e. The molecule has 0 aliphatic heterocycles. The lowest BCUT2D eigenvalue weighted by atomic mass is 10.1. The highest BCUT2D eigenvalue weighted by Crippen LogP contribution is 2.32. The average molecular weight is 386 g/mol. The van der Waals surface area contributed by atoms with Crippen LogP contribution in [0.25, 0.3) is 28.5 Å². The molecule has 0 fully saturated rings. The van der Waals surface area contributed by atoms with Crippen LogP contribution in [0.15, 0.2) is 78.9 Å². The van der Waals surface area contributed by atoms with Crippen molar-refractivity contribution in [1.29, 1.82) is 0 Å². The van der Waals surface area contributed by atoms with Gasteiger partial charge in [0.2, 0.25) is 0 Å². The van der Waals surface area contributed by atoms with Crippen LogP contribution in [0.5, 0.6) is 0 Å². The third-order valence-corrected chi connectivity index (χ3v) is 4.90. The van der Waals surface area contributed by atoms with Crippen molar-refractivity contribution in [2.75, 3.05) is 0 Å². The molecule has 0 bridgehead atoms. The Balaban J connectivity index is 1.87. The molecule has 0 saturated carbocycles. The number of para-hydroxylation sites is 2. The van der Waals surface area contributed by atoms with Crippen LogP contribution >= 0.6 is 0 Å². The maximum absolute atomic E-state index is 13.4. The van der Waals surface area contributed by atoms with Gasteiger partial charge in [-0.2, -0.15) is 0 Å². The molecular formula is C24H19FN2O2. The minimum Gasteiger partial charge on any atom is -0.478 e. The highest BCUT2D eigenvalue weighted by molar-refractivity contribution is 5.86. The second-order valence-corrected chi connectivity index (χ2v) is 6.82. The molecule has 4 aromatic rings. The second-order valence-electron chi connectivity index (χ2n) is 6.82. The van der Waals surface area contributed by atoms with Crippen LogP contribution in [0.4, 0.5) is 4.39 Å². The van der Waals surface area contributed by atoms with Gasteiger partial charge >= 0.3 is 5.97 Å². The molecule has 0 spiro atoms. The highest BCUT2D eigenvalue weighted by Gasteiger charge is 2.18. The van der Waals surface area contributed by atoms with Crippen LogP contribution in [0, 0.1) is 5.82 Å². The number of halogens is 1. The Bertz CT molecular complexity index is 1210. The molecule has 4 rings (SSSR count). The lowest BCUT2D eigenvalue weighted by Gasteiger charge is -2.18. The van der Waals surface area contributed by atoms with Gasteiger partial charge in [-0.05, 0) is 54.5 Å². The maximum atomic E-state index is 13.4. The molecule has 5 heteroatoms. The number of nitrogens with zero attached hydrogens (tertiary/aromatic N) is 2. The summed E-state index contributed by atoms with van der Waals surface area (Å²) in [5.74, 6) is -0.490. The molecule has 0 saturated heterocycles. The third kappa shape index (κ3) is 3.80. The molecule has 1 aromatic heterocycles. The van der Waals surface area contributed by atoms with Gasteiger partial charge in [0.15, 0.2) is 0 Å². The van der Waals surface area contributed by atoms with E-state index >= 15 is 0 Å². The highest BCUT2D eigenvalue weighted by atomic mass is 19.1. The first kappa shape index (κ1) is 18.6. The fraction of sp³-hybridized carbons (Fsp3) is 0.0833. The number of carbonyl (C=O) groups is 1. The van der Waals surface area contributed by atoms with Crippen LogP contribution in [0.2, 0.25) is 0 Å². The fourth-order valence-electron chi connectivity index (χ4n) is 3.48. The summed E-state index contributed by atoms with van der Waals surface area (Å²) in [6.07, 6.45) is 2.67. The number of hydrogen-bond acceptors (Lipinski definition) is 2. The summed E-state index contributed by atoms with van der Waals surface area (Å²) in [6.45, 7) is 2.05. The number of aliphatic carboxylic acids is 1. The fourth-order valence-corrected chi connectivity index (χ4v) is 3.48. The van der Waals surface area contributed by atoms with E-state index in [-0.39, 0.29) is 11.9 Å². The summed E-state index contributed by atoms with van der Waals surface area (Å²) in [6, 6.07) is 21.9. The standard InChI is InChI=1S/C24H19FN2O2/c1-16(18-10-12-20(25)13-11-18)27-22-8-3-2-7-21(22)26-24(27)19-6-4-5-17(15-19)9-14-23(28)29/h2-16H,1H3,(H,28,29)/t16-/m1/s1. The van der Waals surface area contributed by atoms with Gasteiger partial charge in [0.05, 0.1) is 17.1 Å². The number of imidazole rings is 1. The van der Waals surface area contributed by atoms with Gasteiger partial charge in [0.25, 0.3) is 0 Å². The molecule has 1 N–H and O–H groups in total. The molecule has 0 aliphatic rings. The molecule has 0 radical (unpaired) electrons. The van der Waals surface area contributed by atoms with Gasteiger partial charge in [-0.1, -0.05) is 42.5 Å². The van der Waals surface area contributed by atoms with Gasteiger partial charge in [0.1, 0.15) is 11.6 Å². The predicted molar refractivity (Wildman–Crippen MR) is 112 cm³/mol. The van der Waals surface area contributed by atoms with E-state index in [4.69, 9.17) is 10.1 Å². The van der Waals surface area contributed by atoms with Crippen molar-refractivity contribution in [3.05, 3.63) is 95.8 Å². The Morgan fingerprint density at radius 2 is 1.83 bits per heavy atom. The Kier molecular flexibility index (Phi) is 4.96. The van der Waals surface area contributed by atoms with Crippen LogP contribution in [0.1, 0.15) is 24.1 Å². The van der Waals surface area contributed by atoms with E-state index in [2.05, 4.69) is 11.5 Å².